The van der Waals surface area contributed by atoms with Gasteiger partial charge in [-0.3, -0.25) is 0 Å². The van der Waals surface area contributed by atoms with E-state index in [2.05, 4.69) is 38.3 Å². The van der Waals surface area contributed by atoms with Crippen molar-refractivity contribution in [2.24, 2.45) is 11.8 Å². The Labute approximate surface area is 121 Å². The molecule has 3 unspecified atom stereocenters. The highest BCUT2D eigenvalue weighted by molar-refractivity contribution is 5.49. The lowest BCUT2D eigenvalue weighted by Gasteiger charge is -2.20. The zero-order chi connectivity index (χ0) is 14.1. The lowest BCUT2D eigenvalue weighted by Crippen LogP contribution is -2.18. The molecule has 0 amide bonds. The van der Waals surface area contributed by atoms with Gasteiger partial charge in [0.1, 0.15) is 0 Å². The van der Waals surface area contributed by atoms with Crippen LogP contribution >= 0.6 is 0 Å². The van der Waals surface area contributed by atoms with Gasteiger partial charge in [0, 0.05) is 12.0 Å². The number of rotatable bonds is 1. The van der Waals surface area contributed by atoms with Crippen LogP contribution in [0.15, 0.2) is 12.1 Å². The maximum atomic E-state index is 5.93. The lowest BCUT2D eigenvalue weighted by molar-refractivity contribution is 0.228. The average molecular weight is 275 g/mol. The molecule has 1 N–H and O–H groups in total. The van der Waals surface area contributed by atoms with Crippen molar-refractivity contribution in [3.63, 3.8) is 0 Å². The van der Waals surface area contributed by atoms with Gasteiger partial charge in [0.15, 0.2) is 11.5 Å². The first-order valence-corrected chi connectivity index (χ1v) is 7.77. The highest BCUT2D eigenvalue weighted by atomic mass is 16.5. The van der Waals surface area contributed by atoms with E-state index in [1.807, 2.05) is 0 Å². The molecule has 3 rings (SSSR count). The van der Waals surface area contributed by atoms with E-state index in [0.717, 1.165) is 37.1 Å². The zero-order valence-corrected chi connectivity index (χ0v) is 12.7. The molecule has 1 aromatic carbocycles. The molecule has 2 aliphatic rings. The van der Waals surface area contributed by atoms with Gasteiger partial charge in [-0.05, 0) is 55.5 Å². The van der Waals surface area contributed by atoms with E-state index in [1.165, 1.54) is 24.0 Å². The van der Waals surface area contributed by atoms with Crippen molar-refractivity contribution in [3.8, 4) is 11.5 Å². The number of ether oxygens (including phenoxy) is 2. The molecular weight excluding hydrogens is 250 g/mol. The minimum atomic E-state index is 0.428. The summed E-state index contributed by atoms with van der Waals surface area (Å²) in [5.74, 6) is 3.05. The van der Waals surface area contributed by atoms with Crippen LogP contribution in [0.25, 0.3) is 0 Å². The van der Waals surface area contributed by atoms with E-state index in [9.17, 15) is 0 Å². The highest BCUT2D eigenvalue weighted by Crippen LogP contribution is 2.39. The molecule has 1 aliphatic heterocycles. The number of benzene rings is 1. The summed E-state index contributed by atoms with van der Waals surface area (Å²) in [7, 11) is 2.05. The second-order valence-electron chi connectivity index (χ2n) is 6.45. The predicted molar refractivity (Wildman–Crippen MR) is 80.5 cm³/mol. The summed E-state index contributed by atoms with van der Waals surface area (Å²) in [6.07, 6.45) is 3.58. The maximum Gasteiger partial charge on any atom is 0.161 e. The van der Waals surface area contributed by atoms with Crippen molar-refractivity contribution in [3.05, 3.63) is 23.3 Å². The molecule has 3 nitrogen and oxygen atoms in total. The first-order valence-electron chi connectivity index (χ1n) is 7.77. The molecule has 0 aromatic heterocycles. The van der Waals surface area contributed by atoms with Crippen LogP contribution in [-0.2, 0) is 6.42 Å². The molecule has 0 fully saturated rings. The van der Waals surface area contributed by atoms with E-state index in [0.29, 0.717) is 12.0 Å². The number of fused-ring (bicyclic) bond motifs is 2. The summed E-state index contributed by atoms with van der Waals surface area (Å²) in [6.45, 7) is 5.99. The summed E-state index contributed by atoms with van der Waals surface area (Å²) < 4.78 is 11.9. The summed E-state index contributed by atoms with van der Waals surface area (Å²) >= 11 is 0. The van der Waals surface area contributed by atoms with Crippen molar-refractivity contribution in [2.45, 2.75) is 39.2 Å². The topological polar surface area (TPSA) is 30.5 Å². The molecule has 1 heterocycles. The van der Waals surface area contributed by atoms with Crippen LogP contribution in [-0.4, -0.2) is 20.3 Å². The second kappa shape index (κ2) is 5.65. The SMILES string of the molecule is CNC1CC(C)CCc2cc3c(cc21)OCC(C)CO3. The van der Waals surface area contributed by atoms with Crippen molar-refractivity contribution in [1.82, 2.24) is 5.32 Å². The fourth-order valence-corrected chi connectivity index (χ4v) is 3.22. The quantitative estimate of drug-likeness (QED) is 0.798. The number of hydrogen-bond acceptors (Lipinski definition) is 3. The van der Waals surface area contributed by atoms with Gasteiger partial charge in [-0.25, -0.2) is 0 Å². The fraction of sp³-hybridized carbons (Fsp3) is 0.647. The lowest BCUT2D eigenvalue weighted by atomic mass is 9.96. The minimum Gasteiger partial charge on any atom is -0.489 e. The second-order valence-corrected chi connectivity index (χ2v) is 6.45. The Morgan fingerprint density at radius 1 is 1.05 bits per heavy atom. The molecule has 3 heteroatoms. The van der Waals surface area contributed by atoms with E-state index >= 15 is 0 Å². The van der Waals surface area contributed by atoms with Crippen LogP contribution in [0.1, 0.15) is 43.9 Å². The van der Waals surface area contributed by atoms with Gasteiger partial charge in [-0.15, -0.1) is 0 Å². The molecule has 0 bridgehead atoms. The van der Waals surface area contributed by atoms with Crippen molar-refractivity contribution < 1.29 is 9.47 Å². The maximum absolute atomic E-state index is 5.93. The molecule has 0 saturated carbocycles. The summed E-state index contributed by atoms with van der Waals surface area (Å²) in [4.78, 5) is 0. The minimum absolute atomic E-state index is 0.428. The van der Waals surface area contributed by atoms with Crippen LogP contribution in [0.2, 0.25) is 0 Å². The van der Waals surface area contributed by atoms with Gasteiger partial charge >= 0.3 is 0 Å². The fourth-order valence-electron chi connectivity index (χ4n) is 3.22. The Morgan fingerprint density at radius 3 is 2.45 bits per heavy atom. The third-order valence-electron chi connectivity index (χ3n) is 4.52. The van der Waals surface area contributed by atoms with Gasteiger partial charge in [0.2, 0.25) is 0 Å². The van der Waals surface area contributed by atoms with Crippen molar-refractivity contribution in [1.29, 1.82) is 0 Å². The predicted octanol–water partition coefficient (Wildman–Crippen LogP) is 3.33. The highest BCUT2D eigenvalue weighted by Gasteiger charge is 2.25. The van der Waals surface area contributed by atoms with Gasteiger partial charge < -0.3 is 14.8 Å². The Bertz CT molecular complexity index is 486. The largest absolute Gasteiger partial charge is 0.489 e. The van der Waals surface area contributed by atoms with Crippen LogP contribution in [0.3, 0.4) is 0 Å². The van der Waals surface area contributed by atoms with Crippen LogP contribution in [0, 0.1) is 11.8 Å². The smallest absolute Gasteiger partial charge is 0.161 e. The van der Waals surface area contributed by atoms with E-state index in [-0.39, 0.29) is 0 Å². The third kappa shape index (κ3) is 2.64. The van der Waals surface area contributed by atoms with Gasteiger partial charge in [-0.2, -0.15) is 0 Å². The van der Waals surface area contributed by atoms with Crippen LogP contribution in [0.5, 0.6) is 11.5 Å². The summed E-state index contributed by atoms with van der Waals surface area (Å²) in [5.41, 5.74) is 2.82. The number of nitrogens with one attached hydrogen (secondary N) is 1. The van der Waals surface area contributed by atoms with E-state index in [1.54, 1.807) is 0 Å². The number of hydrogen-bond donors (Lipinski definition) is 1. The standard InChI is InChI=1S/C17H25NO2/c1-11-4-5-13-7-16-17(20-10-12(2)9-19-16)8-14(13)15(6-11)18-3/h7-8,11-12,15,18H,4-6,9-10H2,1-3H3. The van der Waals surface area contributed by atoms with Crippen LogP contribution in [0.4, 0.5) is 0 Å². The van der Waals surface area contributed by atoms with Gasteiger partial charge in [-0.1, -0.05) is 13.8 Å². The average Bonchev–Trinajstić information content (AvgIpc) is 2.72. The van der Waals surface area contributed by atoms with E-state index < -0.39 is 0 Å². The molecule has 3 atom stereocenters. The monoisotopic (exact) mass is 275 g/mol. The molecule has 1 aliphatic carbocycles. The molecule has 20 heavy (non-hydrogen) atoms. The Hall–Kier alpha value is -1.22. The first kappa shape index (κ1) is 13.7. The first-order chi connectivity index (χ1) is 9.67. The molecule has 0 radical (unpaired) electrons. The third-order valence-corrected chi connectivity index (χ3v) is 4.52. The Kier molecular flexibility index (Phi) is 3.88. The normalized spacial score (nSPS) is 29.2. The zero-order valence-electron chi connectivity index (χ0n) is 12.7. The van der Waals surface area contributed by atoms with Crippen LogP contribution < -0.4 is 14.8 Å². The summed E-state index contributed by atoms with van der Waals surface area (Å²) in [5, 5.41) is 3.47. The van der Waals surface area contributed by atoms with E-state index in [4.69, 9.17) is 9.47 Å². The molecule has 0 saturated heterocycles. The van der Waals surface area contributed by atoms with Crippen molar-refractivity contribution >= 4 is 0 Å². The molecule has 0 spiro atoms. The Morgan fingerprint density at radius 2 is 1.75 bits per heavy atom. The Balaban J connectivity index is 1.99. The van der Waals surface area contributed by atoms with Gasteiger partial charge in [0.05, 0.1) is 13.2 Å². The van der Waals surface area contributed by atoms with Crippen molar-refractivity contribution in [2.75, 3.05) is 20.3 Å². The molecule has 1 aromatic rings. The molecular formula is C17H25NO2. The summed E-state index contributed by atoms with van der Waals surface area (Å²) in [6, 6.07) is 4.85. The molecule has 110 valence electrons. The van der Waals surface area contributed by atoms with Gasteiger partial charge in [0.25, 0.3) is 0 Å². The number of aryl methyl sites for hydroxylation is 1.